The summed E-state index contributed by atoms with van der Waals surface area (Å²) in [6, 6.07) is 7.42. The summed E-state index contributed by atoms with van der Waals surface area (Å²) in [5, 5.41) is 8.83. The Kier molecular flexibility index (Phi) is 16.7. The highest BCUT2D eigenvalue weighted by molar-refractivity contribution is 7.85. The van der Waals surface area contributed by atoms with E-state index in [4.69, 9.17) is 9.66 Å². The van der Waals surface area contributed by atoms with Gasteiger partial charge in [0.2, 0.25) is 0 Å². The summed E-state index contributed by atoms with van der Waals surface area (Å²) < 4.78 is 29.2. The number of allylic oxidation sites excluding steroid dienone is 1. The Labute approximate surface area is 191 Å². The second-order valence-electron chi connectivity index (χ2n) is 9.38. The van der Waals surface area contributed by atoms with Gasteiger partial charge in [-0.15, -0.1) is 0 Å². The van der Waals surface area contributed by atoms with Gasteiger partial charge >= 0.3 is 0 Å². The molecule has 1 aromatic carbocycles. The lowest BCUT2D eigenvalue weighted by molar-refractivity contribution is 0.341. The van der Waals surface area contributed by atoms with E-state index >= 15 is 0 Å². The quantitative estimate of drug-likeness (QED) is 0.228. The summed E-state index contributed by atoms with van der Waals surface area (Å²) in [5.74, 6) is 2.63. The smallest absolute Gasteiger partial charge is 0.294 e. The van der Waals surface area contributed by atoms with Gasteiger partial charge in [0.05, 0.1) is 11.5 Å². The molecule has 0 amide bonds. The van der Waals surface area contributed by atoms with Crippen LogP contribution in [0.15, 0.2) is 46.9 Å². The van der Waals surface area contributed by atoms with Crippen LogP contribution in [-0.4, -0.2) is 24.7 Å². The van der Waals surface area contributed by atoms with Gasteiger partial charge in [-0.05, 0) is 49.7 Å². The minimum atomic E-state index is -4.00. The second-order valence-corrected chi connectivity index (χ2v) is 10.8. The summed E-state index contributed by atoms with van der Waals surface area (Å²) in [7, 11) is -4.00. The van der Waals surface area contributed by atoms with Crippen LogP contribution >= 0.6 is 0 Å². The van der Waals surface area contributed by atoms with E-state index in [9.17, 15) is 8.42 Å². The molecule has 2 unspecified atom stereocenters. The van der Waals surface area contributed by atoms with Crippen molar-refractivity contribution >= 4 is 10.1 Å². The minimum Gasteiger partial charge on any atom is -0.392 e. The first-order chi connectivity index (χ1) is 14.6. The Hall–Kier alpha value is -1.17. The van der Waals surface area contributed by atoms with Crippen LogP contribution in [0.25, 0.3) is 0 Å². The monoisotopic (exact) mass is 454 g/mol. The van der Waals surface area contributed by atoms with E-state index < -0.39 is 10.1 Å². The molecule has 5 heteroatoms. The summed E-state index contributed by atoms with van der Waals surface area (Å²) in [5.41, 5.74) is 1.34. The highest BCUT2D eigenvalue weighted by Crippen LogP contribution is 2.22. The zero-order valence-corrected chi connectivity index (χ0v) is 21.2. The third-order valence-electron chi connectivity index (χ3n) is 5.62. The highest BCUT2D eigenvalue weighted by Gasteiger charge is 2.07. The van der Waals surface area contributed by atoms with Crippen LogP contribution in [0.1, 0.15) is 92.4 Å². The lowest BCUT2D eigenvalue weighted by Crippen LogP contribution is -2.00. The molecule has 1 aromatic rings. The van der Waals surface area contributed by atoms with E-state index in [1.807, 2.05) is 6.08 Å². The zero-order valence-electron chi connectivity index (χ0n) is 20.4. The van der Waals surface area contributed by atoms with Crippen LogP contribution in [0.2, 0.25) is 0 Å². The normalized spacial score (nSPS) is 14.1. The van der Waals surface area contributed by atoms with Crippen LogP contribution in [0, 0.1) is 17.8 Å². The molecule has 180 valence electrons. The molecule has 0 aliphatic heterocycles. The van der Waals surface area contributed by atoms with E-state index in [1.165, 1.54) is 69.1 Å². The van der Waals surface area contributed by atoms with Gasteiger partial charge in [0.25, 0.3) is 10.1 Å². The molecule has 0 radical (unpaired) electrons. The molecular weight excluding hydrogens is 408 g/mol. The van der Waals surface area contributed by atoms with Crippen molar-refractivity contribution in [2.75, 3.05) is 6.61 Å². The van der Waals surface area contributed by atoms with Crippen molar-refractivity contribution in [1.82, 2.24) is 0 Å². The first-order valence-corrected chi connectivity index (χ1v) is 13.3. The molecule has 2 N–H and O–H groups in total. The maximum Gasteiger partial charge on any atom is 0.294 e. The molecule has 4 nitrogen and oxygen atoms in total. The zero-order chi connectivity index (χ0) is 23.7. The molecule has 2 atom stereocenters. The fraction of sp³-hybridized carbons (Fsp3) is 0.692. The van der Waals surface area contributed by atoms with E-state index in [-0.39, 0.29) is 11.5 Å². The van der Waals surface area contributed by atoms with E-state index in [0.29, 0.717) is 0 Å². The SMILES string of the molecule is C/C(=C\CO)CCCC(C)CCCC(C)CCCC(C)C.O=S(=O)(O)c1ccccc1. The standard InChI is InChI=1S/C20H40O.C6H6O3S/c1-17(2)9-6-10-18(3)11-7-12-19(4)13-8-14-20(5)15-16-21;7-10(8,9)6-4-2-1-3-5-6/h15,17-19,21H,6-14,16H2,1-5H3;1-5H,(H,7,8,9)/b20-15+;. The molecule has 0 aliphatic carbocycles. The number of benzene rings is 1. The number of rotatable bonds is 14. The second kappa shape index (κ2) is 17.4. The summed E-state index contributed by atoms with van der Waals surface area (Å²) in [4.78, 5) is -0.0741. The molecule has 0 aromatic heterocycles. The van der Waals surface area contributed by atoms with Crippen molar-refractivity contribution < 1.29 is 18.1 Å². The molecule has 0 fully saturated rings. The maximum atomic E-state index is 10.4. The van der Waals surface area contributed by atoms with Crippen LogP contribution in [0.5, 0.6) is 0 Å². The average Bonchev–Trinajstić information content (AvgIpc) is 2.68. The van der Waals surface area contributed by atoms with E-state index in [2.05, 4.69) is 34.6 Å². The van der Waals surface area contributed by atoms with Crippen LogP contribution < -0.4 is 0 Å². The van der Waals surface area contributed by atoms with Gasteiger partial charge in [-0.1, -0.05) is 102 Å². The fourth-order valence-electron chi connectivity index (χ4n) is 3.56. The van der Waals surface area contributed by atoms with Gasteiger partial charge in [-0.25, -0.2) is 0 Å². The maximum absolute atomic E-state index is 10.4. The minimum absolute atomic E-state index is 0.0741. The van der Waals surface area contributed by atoms with E-state index in [1.54, 1.807) is 18.2 Å². The van der Waals surface area contributed by atoms with Gasteiger partial charge in [0.15, 0.2) is 0 Å². The Bertz CT molecular complexity index is 681. The highest BCUT2D eigenvalue weighted by atomic mass is 32.2. The molecule has 0 aliphatic rings. The Balaban J connectivity index is 0.000000743. The molecule has 0 spiro atoms. The Morgan fingerprint density at radius 3 is 1.77 bits per heavy atom. The van der Waals surface area contributed by atoms with Crippen LogP contribution in [-0.2, 0) is 10.1 Å². The van der Waals surface area contributed by atoms with Gasteiger partial charge in [0.1, 0.15) is 0 Å². The third kappa shape index (κ3) is 18.1. The summed E-state index contributed by atoms with van der Waals surface area (Å²) in [6.45, 7) is 11.8. The Morgan fingerprint density at radius 1 is 0.871 bits per heavy atom. The summed E-state index contributed by atoms with van der Waals surface area (Å²) >= 11 is 0. The molecule has 31 heavy (non-hydrogen) atoms. The van der Waals surface area contributed by atoms with Crippen LogP contribution in [0.3, 0.4) is 0 Å². The Morgan fingerprint density at radius 2 is 1.35 bits per heavy atom. The average molecular weight is 455 g/mol. The molecule has 1 rings (SSSR count). The van der Waals surface area contributed by atoms with Crippen molar-refractivity contribution in [2.24, 2.45) is 17.8 Å². The number of aliphatic hydroxyl groups excluding tert-OH is 1. The van der Waals surface area contributed by atoms with Crippen molar-refractivity contribution in [3.63, 3.8) is 0 Å². The third-order valence-corrected chi connectivity index (χ3v) is 6.49. The number of hydrogen-bond donors (Lipinski definition) is 2. The predicted octanol–water partition coefficient (Wildman–Crippen LogP) is 7.30. The van der Waals surface area contributed by atoms with Gasteiger partial charge in [-0.3, -0.25) is 4.55 Å². The molecule has 0 heterocycles. The lowest BCUT2D eigenvalue weighted by atomic mass is 9.91. The molecule has 0 bridgehead atoms. The predicted molar refractivity (Wildman–Crippen MR) is 132 cm³/mol. The largest absolute Gasteiger partial charge is 0.392 e. The number of aliphatic hydroxyl groups is 1. The topological polar surface area (TPSA) is 74.6 Å². The first kappa shape index (κ1) is 29.8. The molecular formula is C26H46O4S. The van der Waals surface area contributed by atoms with Crippen molar-refractivity contribution in [2.45, 2.75) is 97.3 Å². The lowest BCUT2D eigenvalue weighted by Gasteiger charge is -2.15. The number of hydrogen-bond acceptors (Lipinski definition) is 3. The van der Waals surface area contributed by atoms with Gasteiger partial charge < -0.3 is 5.11 Å². The first-order valence-electron chi connectivity index (χ1n) is 11.8. The van der Waals surface area contributed by atoms with E-state index in [0.717, 1.165) is 24.2 Å². The summed E-state index contributed by atoms with van der Waals surface area (Å²) in [6.07, 6.45) is 14.1. The van der Waals surface area contributed by atoms with Crippen molar-refractivity contribution in [3.8, 4) is 0 Å². The van der Waals surface area contributed by atoms with Crippen molar-refractivity contribution in [3.05, 3.63) is 42.0 Å². The van der Waals surface area contributed by atoms with Gasteiger partial charge in [-0.2, -0.15) is 8.42 Å². The van der Waals surface area contributed by atoms with Gasteiger partial charge in [0, 0.05) is 0 Å². The molecule has 0 saturated carbocycles. The van der Waals surface area contributed by atoms with Crippen LogP contribution in [0.4, 0.5) is 0 Å². The molecule has 0 saturated heterocycles. The van der Waals surface area contributed by atoms with Crippen molar-refractivity contribution in [1.29, 1.82) is 0 Å². The fourth-order valence-corrected chi connectivity index (χ4v) is 4.06.